The molecule has 2 N–H and O–H groups in total. The molecule has 1 aliphatic rings. The zero-order valence-corrected chi connectivity index (χ0v) is 13.9. The molecule has 2 aromatic carbocycles. The van der Waals surface area contributed by atoms with Crippen LogP contribution in [0.15, 0.2) is 48.5 Å². The lowest BCUT2D eigenvalue weighted by Crippen LogP contribution is -2.50. The number of nitrogens with one attached hydrogen (secondary N) is 2. The van der Waals surface area contributed by atoms with Crippen LogP contribution in [-0.4, -0.2) is 12.5 Å². The highest BCUT2D eigenvalue weighted by atomic mass is 19.1. The highest BCUT2D eigenvalue weighted by Gasteiger charge is 2.38. The number of halogens is 1. The van der Waals surface area contributed by atoms with Crippen molar-refractivity contribution in [2.75, 3.05) is 11.9 Å². The van der Waals surface area contributed by atoms with E-state index in [1.165, 1.54) is 17.7 Å². The third-order valence-electron chi connectivity index (χ3n) is 4.81. The third-order valence-corrected chi connectivity index (χ3v) is 4.81. The van der Waals surface area contributed by atoms with Gasteiger partial charge in [-0.2, -0.15) is 0 Å². The fraction of sp³-hybridized carbons (Fsp3) is 0.350. The van der Waals surface area contributed by atoms with E-state index in [1.54, 1.807) is 0 Å². The Bertz CT molecular complexity index is 708. The number of carbonyl (C=O) groups is 1. The molecule has 0 saturated heterocycles. The van der Waals surface area contributed by atoms with Crippen LogP contribution in [0.2, 0.25) is 0 Å². The summed E-state index contributed by atoms with van der Waals surface area (Å²) in [6.07, 6.45) is 3.99. The number of carbonyl (C=O) groups excluding carboxylic acids is 1. The van der Waals surface area contributed by atoms with E-state index >= 15 is 0 Å². The SMILES string of the molecule is CCc1cccc(NC(=O)CNC2(c3ccc(F)cc3)CCC2)c1. The summed E-state index contributed by atoms with van der Waals surface area (Å²) in [5, 5.41) is 6.32. The molecule has 1 amide bonds. The maximum Gasteiger partial charge on any atom is 0.238 e. The minimum atomic E-state index is -0.234. The molecule has 0 unspecified atom stereocenters. The molecule has 0 atom stereocenters. The van der Waals surface area contributed by atoms with Gasteiger partial charge in [0.1, 0.15) is 5.82 Å². The second-order valence-corrected chi connectivity index (χ2v) is 6.40. The molecule has 0 radical (unpaired) electrons. The molecule has 1 aliphatic carbocycles. The standard InChI is InChI=1S/C20H23FN2O/c1-2-15-5-3-6-18(13-15)23-19(24)14-22-20(11-4-12-20)16-7-9-17(21)10-8-16/h3,5-10,13,22H,2,4,11-12,14H2,1H3,(H,23,24). The van der Waals surface area contributed by atoms with Crippen LogP contribution in [0.25, 0.3) is 0 Å². The second-order valence-electron chi connectivity index (χ2n) is 6.40. The fourth-order valence-corrected chi connectivity index (χ4v) is 3.19. The van der Waals surface area contributed by atoms with Crippen molar-refractivity contribution in [1.29, 1.82) is 0 Å². The second kappa shape index (κ2) is 7.14. The van der Waals surface area contributed by atoms with Crippen LogP contribution in [0, 0.1) is 5.82 Å². The van der Waals surface area contributed by atoms with Crippen LogP contribution in [0.3, 0.4) is 0 Å². The fourth-order valence-electron chi connectivity index (χ4n) is 3.19. The number of benzene rings is 2. The Hall–Kier alpha value is -2.20. The minimum Gasteiger partial charge on any atom is -0.325 e. The number of amides is 1. The summed E-state index contributed by atoms with van der Waals surface area (Å²) in [4.78, 5) is 12.3. The van der Waals surface area contributed by atoms with Gasteiger partial charge in [-0.1, -0.05) is 31.2 Å². The summed E-state index contributed by atoms with van der Waals surface area (Å²) in [5.41, 5.74) is 2.88. The van der Waals surface area contributed by atoms with Crippen LogP contribution in [0.4, 0.5) is 10.1 Å². The molecule has 0 bridgehead atoms. The van der Waals surface area contributed by atoms with E-state index in [0.29, 0.717) is 0 Å². The van der Waals surface area contributed by atoms with Gasteiger partial charge in [-0.3, -0.25) is 10.1 Å². The molecule has 0 heterocycles. The Labute approximate surface area is 142 Å². The summed E-state index contributed by atoms with van der Waals surface area (Å²) in [6, 6.07) is 14.5. The number of rotatable bonds is 6. The van der Waals surface area contributed by atoms with E-state index in [0.717, 1.165) is 36.9 Å². The summed E-state index contributed by atoms with van der Waals surface area (Å²) >= 11 is 0. The Kier molecular flexibility index (Phi) is 4.95. The molecule has 126 valence electrons. The first-order valence-electron chi connectivity index (χ1n) is 8.51. The number of hydrogen-bond donors (Lipinski definition) is 2. The molecule has 0 spiro atoms. The van der Waals surface area contributed by atoms with E-state index in [4.69, 9.17) is 0 Å². The predicted molar refractivity (Wildman–Crippen MR) is 94.4 cm³/mol. The lowest BCUT2D eigenvalue weighted by molar-refractivity contribution is -0.116. The van der Waals surface area contributed by atoms with E-state index in [2.05, 4.69) is 17.6 Å². The van der Waals surface area contributed by atoms with Crippen molar-refractivity contribution in [2.45, 2.75) is 38.1 Å². The first-order valence-corrected chi connectivity index (χ1v) is 8.51. The van der Waals surface area contributed by atoms with Crippen molar-refractivity contribution in [2.24, 2.45) is 0 Å². The number of anilines is 1. The molecule has 0 aromatic heterocycles. The van der Waals surface area contributed by atoms with Gasteiger partial charge in [0.05, 0.1) is 6.54 Å². The summed E-state index contributed by atoms with van der Waals surface area (Å²) in [6.45, 7) is 2.33. The van der Waals surface area contributed by atoms with Crippen molar-refractivity contribution in [3.8, 4) is 0 Å². The van der Waals surface area contributed by atoms with Crippen LogP contribution in [0.1, 0.15) is 37.3 Å². The lowest BCUT2D eigenvalue weighted by Gasteiger charge is -2.43. The van der Waals surface area contributed by atoms with Crippen molar-refractivity contribution >= 4 is 11.6 Å². The molecular formula is C20H23FN2O. The van der Waals surface area contributed by atoms with Gasteiger partial charge in [-0.25, -0.2) is 4.39 Å². The Balaban J connectivity index is 1.61. The monoisotopic (exact) mass is 326 g/mol. The topological polar surface area (TPSA) is 41.1 Å². The van der Waals surface area contributed by atoms with Gasteiger partial charge in [0.15, 0.2) is 0 Å². The average molecular weight is 326 g/mol. The molecule has 2 aromatic rings. The smallest absolute Gasteiger partial charge is 0.238 e. The summed E-state index contributed by atoms with van der Waals surface area (Å²) in [7, 11) is 0. The van der Waals surface area contributed by atoms with Gasteiger partial charge in [0, 0.05) is 11.2 Å². The Morgan fingerprint density at radius 3 is 2.54 bits per heavy atom. The average Bonchev–Trinajstić information content (AvgIpc) is 2.55. The van der Waals surface area contributed by atoms with Crippen molar-refractivity contribution in [3.63, 3.8) is 0 Å². The largest absolute Gasteiger partial charge is 0.325 e. The molecule has 4 heteroatoms. The van der Waals surface area contributed by atoms with Gasteiger partial charge in [0.25, 0.3) is 0 Å². The van der Waals surface area contributed by atoms with E-state index < -0.39 is 0 Å². The number of aryl methyl sites for hydroxylation is 1. The minimum absolute atomic E-state index is 0.0587. The van der Waals surface area contributed by atoms with Crippen molar-refractivity contribution < 1.29 is 9.18 Å². The van der Waals surface area contributed by atoms with Crippen molar-refractivity contribution in [3.05, 3.63) is 65.5 Å². The normalized spacial score (nSPS) is 15.6. The maximum absolute atomic E-state index is 13.1. The maximum atomic E-state index is 13.1. The zero-order valence-electron chi connectivity index (χ0n) is 13.9. The van der Waals surface area contributed by atoms with Gasteiger partial charge < -0.3 is 5.32 Å². The van der Waals surface area contributed by atoms with E-state index in [1.807, 2.05) is 36.4 Å². The molecule has 1 fully saturated rings. The Morgan fingerprint density at radius 1 is 1.17 bits per heavy atom. The first-order chi connectivity index (χ1) is 11.6. The molecule has 24 heavy (non-hydrogen) atoms. The van der Waals surface area contributed by atoms with Crippen LogP contribution in [0.5, 0.6) is 0 Å². The van der Waals surface area contributed by atoms with Crippen LogP contribution >= 0.6 is 0 Å². The van der Waals surface area contributed by atoms with Crippen LogP contribution in [-0.2, 0) is 16.8 Å². The highest BCUT2D eigenvalue weighted by Crippen LogP contribution is 2.41. The zero-order chi connectivity index (χ0) is 17.0. The molecule has 3 rings (SSSR count). The molecule has 1 saturated carbocycles. The van der Waals surface area contributed by atoms with Gasteiger partial charge >= 0.3 is 0 Å². The number of hydrogen-bond acceptors (Lipinski definition) is 2. The summed E-state index contributed by atoms with van der Waals surface area (Å²) < 4.78 is 13.1. The predicted octanol–water partition coefficient (Wildman–Crippen LogP) is 4.00. The van der Waals surface area contributed by atoms with Gasteiger partial charge in [-0.05, 0) is 61.1 Å². The quantitative estimate of drug-likeness (QED) is 0.842. The Morgan fingerprint density at radius 2 is 1.92 bits per heavy atom. The first kappa shape index (κ1) is 16.7. The van der Waals surface area contributed by atoms with Gasteiger partial charge in [0.2, 0.25) is 5.91 Å². The molecule has 0 aliphatic heterocycles. The van der Waals surface area contributed by atoms with Crippen molar-refractivity contribution in [1.82, 2.24) is 5.32 Å². The third kappa shape index (κ3) is 3.65. The highest BCUT2D eigenvalue weighted by molar-refractivity contribution is 5.92. The molecular weight excluding hydrogens is 303 g/mol. The summed E-state index contributed by atoms with van der Waals surface area (Å²) in [5.74, 6) is -0.293. The van der Waals surface area contributed by atoms with E-state index in [9.17, 15) is 9.18 Å². The van der Waals surface area contributed by atoms with Gasteiger partial charge in [-0.15, -0.1) is 0 Å². The van der Waals surface area contributed by atoms with Crippen LogP contribution < -0.4 is 10.6 Å². The lowest BCUT2D eigenvalue weighted by atomic mass is 9.72. The molecule has 3 nitrogen and oxygen atoms in total. The van der Waals surface area contributed by atoms with E-state index in [-0.39, 0.29) is 23.8 Å².